The van der Waals surface area contributed by atoms with Crippen molar-refractivity contribution in [2.24, 2.45) is 0 Å². The molecule has 20 heavy (non-hydrogen) atoms. The second kappa shape index (κ2) is 5.61. The average Bonchev–Trinajstić information content (AvgIpc) is 3.13. The number of rotatable bonds is 4. The maximum Gasteiger partial charge on any atom is 0.244 e. The number of hydrogen-bond acceptors (Lipinski definition) is 3. The molecular weight excluding hydrogens is 254 g/mol. The molecule has 0 saturated heterocycles. The predicted octanol–water partition coefficient (Wildman–Crippen LogP) is 1.67. The summed E-state index contributed by atoms with van der Waals surface area (Å²) in [7, 11) is 0. The molecule has 1 aliphatic rings. The Bertz CT molecular complexity index is 633. The van der Waals surface area contributed by atoms with Gasteiger partial charge in [0.05, 0.1) is 12.8 Å². The largest absolute Gasteiger partial charge is 0.493 e. The second-order valence-corrected chi connectivity index (χ2v) is 4.62. The predicted molar refractivity (Wildman–Crippen MR) is 75.1 cm³/mol. The third-order valence-electron chi connectivity index (χ3n) is 3.16. The Morgan fingerprint density at radius 3 is 3.30 bits per heavy atom. The average molecular weight is 269 g/mol. The summed E-state index contributed by atoms with van der Waals surface area (Å²) in [5.74, 6) is 0.828. The molecule has 2 aromatic rings. The number of fused-ring (bicyclic) bond motifs is 1. The summed E-state index contributed by atoms with van der Waals surface area (Å²) in [4.78, 5) is 11.7. The van der Waals surface area contributed by atoms with E-state index >= 15 is 0 Å². The third kappa shape index (κ3) is 2.88. The van der Waals surface area contributed by atoms with E-state index in [1.807, 2.05) is 18.2 Å². The summed E-state index contributed by atoms with van der Waals surface area (Å²) in [6.45, 7) is 1.21. The minimum atomic E-state index is -0.122. The molecule has 5 heteroatoms. The first-order chi connectivity index (χ1) is 9.81. The molecular formula is C15H15N3O2. The molecule has 2 N–H and O–H groups in total. The molecule has 0 fully saturated rings. The van der Waals surface area contributed by atoms with Crippen LogP contribution in [0.3, 0.4) is 0 Å². The highest BCUT2D eigenvalue weighted by atomic mass is 16.5. The van der Waals surface area contributed by atoms with Gasteiger partial charge in [-0.15, -0.1) is 0 Å². The van der Waals surface area contributed by atoms with Gasteiger partial charge in [0.25, 0.3) is 0 Å². The van der Waals surface area contributed by atoms with Crippen molar-refractivity contribution in [3.63, 3.8) is 0 Å². The van der Waals surface area contributed by atoms with Crippen molar-refractivity contribution in [2.45, 2.75) is 13.0 Å². The van der Waals surface area contributed by atoms with Crippen molar-refractivity contribution in [1.82, 2.24) is 15.5 Å². The minimum absolute atomic E-state index is 0.122. The quantitative estimate of drug-likeness (QED) is 0.830. The molecule has 102 valence electrons. The van der Waals surface area contributed by atoms with E-state index in [-0.39, 0.29) is 5.91 Å². The Morgan fingerprint density at radius 2 is 2.45 bits per heavy atom. The Kier molecular flexibility index (Phi) is 3.50. The van der Waals surface area contributed by atoms with Crippen LogP contribution in [0.5, 0.6) is 5.75 Å². The maximum atomic E-state index is 11.7. The maximum absolute atomic E-state index is 11.7. The lowest BCUT2D eigenvalue weighted by Crippen LogP contribution is -2.19. The van der Waals surface area contributed by atoms with E-state index < -0.39 is 0 Å². The van der Waals surface area contributed by atoms with Crippen LogP contribution in [0.25, 0.3) is 6.08 Å². The molecule has 1 amide bonds. The van der Waals surface area contributed by atoms with Gasteiger partial charge in [-0.1, -0.05) is 6.07 Å². The summed E-state index contributed by atoms with van der Waals surface area (Å²) in [6.07, 6.45) is 7.72. The number of carbonyl (C=O) groups excluding carboxylic acids is 1. The van der Waals surface area contributed by atoms with Gasteiger partial charge >= 0.3 is 0 Å². The smallest absolute Gasteiger partial charge is 0.244 e. The van der Waals surface area contributed by atoms with Crippen molar-refractivity contribution in [3.05, 3.63) is 53.4 Å². The monoisotopic (exact) mass is 269 g/mol. The summed E-state index contributed by atoms with van der Waals surface area (Å²) < 4.78 is 5.45. The third-order valence-corrected chi connectivity index (χ3v) is 3.16. The number of benzene rings is 1. The SMILES string of the molecule is O=C(/C=C/c1ccc2c(c1)CCO2)NCc1cn[nH]c1. The zero-order valence-corrected chi connectivity index (χ0v) is 10.9. The lowest BCUT2D eigenvalue weighted by Gasteiger charge is -2.00. The highest BCUT2D eigenvalue weighted by Gasteiger charge is 2.11. The van der Waals surface area contributed by atoms with Gasteiger partial charge in [0, 0.05) is 30.8 Å². The molecule has 0 bridgehead atoms. The molecule has 0 aliphatic carbocycles. The second-order valence-electron chi connectivity index (χ2n) is 4.62. The molecule has 0 atom stereocenters. The molecule has 3 rings (SSSR count). The summed E-state index contributed by atoms with van der Waals surface area (Å²) in [5.41, 5.74) is 3.15. The number of nitrogens with zero attached hydrogens (tertiary/aromatic N) is 1. The Hall–Kier alpha value is -2.56. The van der Waals surface area contributed by atoms with Crippen molar-refractivity contribution in [3.8, 4) is 5.75 Å². The van der Waals surface area contributed by atoms with Crippen molar-refractivity contribution in [2.75, 3.05) is 6.61 Å². The number of H-pyrrole nitrogens is 1. The normalized spacial score (nSPS) is 13.2. The van der Waals surface area contributed by atoms with Crippen molar-refractivity contribution in [1.29, 1.82) is 0 Å². The number of aromatic nitrogens is 2. The number of amides is 1. The molecule has 2 heterocycles. The number of carbonyl (C=O) groups is 1. The van der Waals surface area contributed by atoms with E-state index in [0.29, 0.717) is 6.54 Å². The Balaban J connectivity index is 1.58. The highest BCUT2D eigenvalue weighted by Crippen LogP contribution is 2.26. The van der Waals surface area contributed by atoms with Crippen LogP contribution in [-0.2, 0) is 17.8 Å². The van der Waals surface area contributed by atoms with E-state index in [1.165, 1.54) is 11.6 Å². The first-order valence-corrected chi connectivity index (χ1v) is 6.50. The minimum Gasteiger partial charge on any atom is -0.493 e. The Labute approximate surface area is 116 Å². The Morgan fingerprint density at radius 1 is 1.50 bits per heavy atom. The zero-order chi connectivity index (χ0) is 13.8. The number of nitrogens with one attached hydrogen (secondary N) is 2. The molecule has 1 aromatic heterocycles. The van der Waals surface area contributed by atoms with Gasteiger partial charge in [-0.05, 0) is 29.3 Å². The number of hydrogen-bond donors (Lipinski definition) is 2. The van der Waals surface area contributed by atoms with Crippen LogP contribution in [0, 0.1) is 0 Å². The topological polar surface area (TPSA) is 67.0 Å². The number of ether oxygens (including phenoxy) is 1. The van der Waals surface area contributed by atoms with E-state index in [9.17, 15) is 4.79 Å². The van der Waals surface area contributed by atoms with Crippen molar-refractivity contribution < 1.29 is 9.53 Å². The fourth-order valence-corrected chi connectivity index (χ4v) is 2.10. The first kappa shape index (κ1) is 12.5. The molecule has 0 radical (unpaired) electrons. The fraction of sp³-hybridized carbons (Fsp3) is 0.200. The lowest BCUT2D eigenvalue weighted by atomic mass is 10.1. The van der Waals surface area contributed by atoms with Gasteiger partial charge in [0.15, 0.2) is 0 Å². The van der Waals surface area contributed by atoms with Crippen LogP contribution < -0.4 is 10.1 Å². The van der Waals surface area contributed by atoms with Gasteiger partial charge in [-0.2, -0.15) is 5.10 Å². The van der Waals surface area contributed by atoms with Crippen molar-refractivity contribution >= 4 is 12.0 Å². The van der Waals surface area contributed by atoms with Gasteiger partial charge in [0.1, 0.15) is 5.75 Å². The molecule has 0 saturated carbocycles. The van der Waals surface area contributed by atoms with E-state index in [0.717, 1.165) is 29.9 Å². The first-order valence-electron chi connectivity index (χ1n) is 6.50. The van der Waals surface area contributed by atoms with E-state index in [2.05, 4.69) is 21.6 Å². The highest BCUT2D eigenvalue weighted by molar-refractivity contribution is 5.91. The van der Waals surface area contributed by atoms with Crippen LogP contribution in [0.1, 0.15) is 16.7 Å². The molecule has 5 nitrogen and oxygen atoms in total. The molecule has 1 aliphatic heterocycles. The summed E-state index contributed by atoms with van der Waals surface area (Å²) in [5, 5.41) is 9.32. The van der Waals surface area contributed by atoms with Gasteiger partial charge in [-0.25, -0.2) is 0 Å². The number of aromatic amines is 1. The van der Waals surface area contributed by atoms with Crippen LogP contribution >= 0.6 is 0 Å². The lowest BCUT2D eigenvalue weighted by molar-refractivity contribution is -0.116. The van der Waals surface area contributed by atoms with Crippen LogP contribution in [-0.4, -0.2) is 22.7 Å². The molecule has 0 spiro atoms. The standard InChI is InChI=1S/C15H15N3O2/c19-15(16-8-12-9-17-18-10-12)4-2-11-1-3-14-13(7-11)5-6-20-14/h1-4,7,9-10H,5-6,8H2,(H,16,19)(H,17,18)/b4-2+. The summed E-state index contributed by atoms with van der Waals surface area (Å²) >= 11 is 0. The van der Waals surface area contributed by atoms with Gasteiger partial charge in [-0.3, -0.25) is 9.89 Å². The summed E-state index contributed by atoms with van der Waals surface area (Å²) in [6, 6.07) is 5.96. The molecule has 0 unspecified atom stereocenters. The van der Waals surface area contributed by atoms with Crippen LogP contribution in [0.15, 0.2) is 36.7 Å². The fourth-order valence-electron chi connectivity index (χ4n) is 2.10. The van der Waals surface area contributed by atoms with E-state index in [1.54, 1.807) is 12.4 Å². The van der Waals surface area contributed by atoms with Gasteiger partial charge in [0.2, 0.25) is 5.91 Å². The van der Waals surface area contributed by atoms with Crippen LogP contribution in [0.4, 0.5) is 0 Å². The zero-order valence-electron chi connectivity index (χ0n) is 10.9. The molecule has 1 aromatic carbocycles. The van der Waals surface area contributed by atoms with E-state index in [4.69, 9.17) is 4.74 Å². The van der Waals surface area contributed by atoms with Crippen LogP contribution in [0.2, 0.25) is 0 Å². The van der Waals surface area contributed by atoms with Gasteiger partial charge < -0.3 is 10.1 Å².